The van der Waals surface area contributed by atoms with Crippen LogP contribution in [-0.4, -0.2) is 34.2 Å². The zero-order valence-electron chi connectivity index (χ0n) is 11.2. The highest BCUT2D eigenvalue weighted by atomic mass is 32.2. The summed E-state index contributed by atoms with van der Waals surface area (Å²) < 4.78 is 32.5. The lowest BCUT2D eigenvalue weighted by molar-refractivity contribution is -0.00475. The summed E-state index contributed by atoms with van der Waals surface area (Å²) in [7, 11) is -1.54. The van der Waals surface area contributed by atoms with Crippen molar-refractivity contribution in [2.24, 2.45) is 0 Å². The number of hydrogen-bond acceptors (Lipinski definition) is 5. The Kier molecular flexibility index (Phi) is 4.97. The maximum absolute atomic E-state index is 12.2. The van der Waals surface area contributed by atoms with Gasteiger partial charge < -0.3 is 10.1 Å². The summed E-state index contributed by atoms with van der Waals surface area (Å²) in [6.45, 7) is 3.32. The number of ether oxygens (including phenoxy) is 1. The van der Waals surface area contributed by atoms with Gasteiger partial charge in [0, 0.05) is 29.5 Å². The lowest BCUT2D eigenvalue weighted by Gasteiger charge is -2.34. The Labute approximate surface area is 118 Å². The second-order valence-electron chi connectivity index (χ2n) is 4.65. The fourth-order valence-corrected chi connectivity index (χ4v) is 4.64. The van der Waals surface area contributed by atoms with E-state index in [0.717, 1.165) is 17.7 Å². The smallest absolute Gasteiger partial charge is 0.241 e. The Morgan fingerprint density at radius 3 is 2.84 bits per heavy atom. The highest BCUT2D eigenvalue weighted by molar-refractivity contribution is 7.89. The van der Waals surface area contributed by atoms with Crippen molar-refractivity contribution >= 4 is 21.4 Å². The Bertz CT molecular complexity index is 507. The zero-order chi connectivity index (χ0) is 13.9. The van der Waals surface area contributed by atoms with Crippen LogP contribution in [0, 0.1) is 0 Å². The molecule has 0 bridgehead atoms. The SMILES string of the molecule is CCOC1CC(NS(=O)(=O)c2csc(CNC)c2)C1. The van der Waals surface area contributed by atoms with Crippen LogP contribution >= 0.6 is 11.3 Å². The Morgan fingerprint density at radius 1 is 1.47 bits per heavy atom. The third kappa shape index (κ3) is 3.76. The van der Waals surface area contributed by atoms with Crippen molar-refractivity contribution in [2.75, 3.05) is 13.7 Å². The van der Waals surface area contributed by atoms with E-state index in [1.54, 1.807) is 11.4 Å². The number of sulfonamides is 1. The topological polar surface area (TPSA) is 67.4 Å². The van der Waals surface area contributed by atoms with E-state index in [9.17, 15) is 8.42 Å². The number of rotatable bonds is 7. The van der Waals surface area contributed by atoms with Crippen molar-refractivity contribution in [3.05, 3.63) is 16.3 Å². The van der Waals surface area contributed by atoms with Crippen LogP contribution in [0.25, 0.3) is 0 Å². The summed E-state index contributed by atoms with van der Waals surface area (Å²) in [5, 5.41) is 4.70. The number of hydrogen-bond donors (Lipinski definition) is 2. The summed E-state index contributed by atoms with van der Waals surface area (Å²) >= 11 is 1.46. The van der Waals surface area contributed by atoms with Crippen molar-refractivity contribution < 1.29 is 13.2 Å². The van der Waals surface area contributed by atoms with Gasteiger partial charge in [0.1, 0.15) is 0 Å². The van der Waals surface area contributed by atoms with E-state index in [0.29, 0.717) is 18.0 Å². The summed E-state index contributed by atoms with van der Waals surface area (Å²) in [6.07, 6.45) is 1.74. The van der Waals surface area contributed by atoms with Gasteiger partial charge in [-0.05, 0) is 32.9 Å². The molecule has 108 valence electrons. The molecule has 1 heterocycles. The van der Waals surface area contributed by atoms with E-state index in [2.05, 4.69) is 10.0 Å². The molecule has 0 aromatic carbocycles. The molecule has 0 radical (unpaired) electrons. The molecule has 0 atom stereocenters. The quantitative estimate of drug-likeness (QED) is 0.797. The molecular formula is C12H20N2O3S2. The molecule has 2 N–H and O–H groups in total. The van der Waals surface area contributed by atoms with Gasteiger partial charge in [0.05, 0.1) is 11.0 Å². The van der Waals surface area contributed by atoms with Gasteiger partial charge in [0.15, 0.2) is 0 Å². The maximum atomic E-state index is 12.2. The minimum Gasteiger partial charge on any atom is -0.378 e. The molecule has 1 fully saturated rings. The van der Waals surface area contributed by atoms with E-state index in [1.807, 2.05) is 14.0 Å². The van der Waals surface area contributed by atoms with Gasteiger partial charge in [-0.3, -0.25) is 0 Å². The van der Waals surface area contributed by atoms with Crippen molar-refractivity contribution in [1.29, 1.82) is 0 Å². The molecular weight excluding hydrogens is 284 g/mol. The zero-order valence-corrected chi connectivity index (χ0v) is 12.8. The van der Waals surface area contributed by atoms with E-state index in [4.69, 9.17) is 4.74 Å². The van der Waals surface area contributed by atoms with Crippen molar-refractivity contribution in [1.82, 2.24) is 10.0 Å². The molecule has 0 unspecified atom stereocenters. The van der Waals surface area contributed by atoms with Gasteiger partial charge in [0.2, 0.25) is 10.0 Å². The van der Waals surface area contributed by atoms with Crippen LogP contribution in [-0.2, 0) is 21.3 Å². The first-order chi connectivity index (χ1) is 9.05. The van der Waals surface area contributed by atoms with Crippen LogP contribution in [0.2, 0.25) is 0 Å². The molecule has 2 rings (SSSR count). The van der Waals surface area contributed by atoms with Crippen LogP contribution < -0.4 is 10.0 Å². The highest BCUT2D eigenvalue weighted by Crippen LogP contribution is 2.26. The van der Waals surface area contributed by atoms with E-state index in [-0.39, 0.29) is 12.1 Å². The molecule has 0 amide bonds. The van der Waals surface area contributed by atoms with E-state index >= 15 is 0 Å². The lowest BCUT2D eigenvalue weighted by Crippen LogP contribution is -2.47. The van der Waals surface area contributed by atoms with Crippen LogP contribution in [0.4, 0.5) is 0 Å². The summed E-state index contributed by atoms with van der Waals surface area (Å²) in [4.78, 5) is 1.38. The van der Waals surface area contributed by atoms with Gasteiger partial charge in [-0.2, -0.15) is 0 Å². The van der Waals surface area contributed by atoms with Gasteiger partial charge in [-0.25, -0.2) is 13.1 Å². The Morgan fingerprint density at radius 2 is 2.21 bits per heavy atom. The van der Waals surface area contributed by atoms with Gasteiger partial charge >= 0.3 is 0 Å². The van der Waals surface area contributed by atoms with Crippen LogP contribution in [0.15, 0.2) is 16.3 Å². The Hall–Kier alpha value is -0.470. The molecule has 7 heteroatoms. The van der Waals surface area contributed by atoms with Gasteiger partial charge in [-0.1, -0.05) is 0 Å². The first kappa shape index (κ1) is 14.9. The molecule has 0 spiro atoms. The third-order valence-electron chi connectivity index (χ3n) is 3.11. The normalized spacial score (nSPS) is 23.3. The molecule has 19 heavy (non-hydrogen) atoms. The van der Waals surface area contributed by atoms with Crippen molar-refractivity contribution in [3.63, 3.8) is 0 Å². The van der Waals surface area contributed by atoms with Gasteiger partial charge in [0.25, 0.3) is 0 Å². The average molecular weight is 304 g/mol. The first-order valence-electron chi connectivity index (χ1n) is 6.41. The fraction of sp³-hybridized carbons (Fsp3) is 0.667. The second-order valence-corrected chi connectivity index (χ2v) is 7.36. The van der Waals surface area contributed by atoms with Crippen molar-refractivity contribution in [2.45, 2.75) is 43.4 Å². The lowest BCUT2D eigenvalue weighted by atomic mass is 9.90. The molecule has 1 saturated carbocycles. The Balaban J connectivity index is 1.91. The molecule has 0 saturated heterocycles. The minimum absolute atomic E-state index is 0.00852. The largest absolute Gasteiger partial charge is 0.378 e. The van der Waals surface area contributed by atoms with E-state index in [1.165, 1.54) is 11.3 Å². The van der Waals surface area contributed by atoms with Crippen LogP contribution in [0.3, 0.4) is 0 Å². The number of thiophene rings is 1. The summed E-state index contributed by atoms with van der Waals surface area (Å²) in [5.74, 6) is 0. The maximum Gasteiger partial charge on any atom is 0.241 e. The predicted octanol–water partition coefficient (Wildman–Crippen LogP) is 1.31. The summed E-state index contributed by atoms with van der Waals surface area (Å²) in [6, 6.07) is 1.73. The third-order valence-corrected chi connectivity index (χ3v) is 5.70. The highest BCUT2D eigenvalue weighted by Gasteiger charge is 2.33. The molecule has 1 aliphatic rings. The average Bonchev–Trinajstić information content (AvgIpc) is 2.76. The molecule has 5 nitrogen and oxygen atoms in total. The summed E-state index contributed by atoms with van der Waals surface area (Å²) in [5.41, 5.74) is 0. The predicted molar refractivity (Wildman–Crippen MR) is 75.8 cm³/mol. The standard InChI is InChI=1S/C12H20N2O3S2/c1-3-17-10-4-9(5-10)14-19(15,16)12-6-11(7-13-2)18-8-12/h6,8-10,13-14H,3-5,7H2,1-2H3. The van der Waals surface area contributed by atoms with Gasteiger partial charge in [-0.15, -0.1) is 11.3 Å². The van der Waals surface area contributed by atoms with Crippen LogP contribution in [0.1, 0.15) is 24.6 Å². The molecule has 1 aliphatic carbocycles. The van der Waals surface area contributed by atoms with Crippen LogP contribution in [0.5, 0.6) is 0 Å². The van der Waals surface area contributed by atoms with E-state index < -0.39 is 10.0 Å². The monoisotopic (exact) mass is 304 g/mol. The minimum atomic E-state index is -3.38. The molecule has 1 aromatic rings. The molecule has 1 aromatic heterocycles. The molecule has 0 aliphatic heterocycles. The fourth-order valence-electron chi connectivity index (χ4n) is 2.09. The number of nitrogens with one attached hydrogen (secondary N) is 2. The second kappa shape index (κ2) is 6.32. The first-order valence-corrected chi connectivity index (χ1v) is 8.77. The van der Waals surface area contributed by atoms with Crippen molar-refractivity contribution in [3.8, 4) is 0 Å².